The second-order valence-electron chi connectivity index (χ2n) is 7.78. The average Bonchev–Trinajstić information content (AvgIpc) is 3.20. The van der Waals surface area contributed by atoms with Crippen molar-refractivity contribution in [2.75, 3.05) is 27.3 Å². The Kier molecular flexibility index (Phi) is 9.54. The van der Waals surface area contributed by atoms with Crippen molar-refractivity contribution in [1.29, 1.82) is 0 Å². The number of allylic oxidation sites excluding steroid dienone is 3. The Morgan fingerprint density at radius 2 is 1.92 bits per heavy atom. The maximum atomic E-state index is 12.8. The molecule has 0 spiro atoms. The lowest BCUT2D eigenvalue weighted by Gasteiger charge is -2.09. The van der Waals surface area contributed by atoms with Crippen LogP contribution in [0, 0.1) is 5.82 Å². The molecule has 0 aliphatic heterocycles. The summed E-state index contributed by atoms with van der Waals surface area (Å²) in [5.74, 6) is 1.01. The Hall–Kier alpha value is -3.76. The Morgan fingerprint density at radius 1 is 1.17 bits per heavy atom. The van der Waals surface area contributed by atoms with E-state index in [1.807, 2.05) is 13.1 Å². The van der Waals surface area contributed by atoms with Gasteiger partial charge in [0.25, 0.3) is 5.56 Å². The fraction of sp³-hybridized carbons (Fsp3) is 0.269. The monoisotopic (exact) mass is 513 g/mol. The fourth-order valence-corrected chi connectivity index (χ4v) is 4.40. The van der Waals surface area contributed by atoms with Gasteiger partial charge < -0.3 is 14.8 Å². The number of aromatic nitrogens is 2. The van der Waals surface area contributed by atoms with E-state index in [4.69, 9.17) is 9.47 Å². The van der Waals surface area contributed by atoms with Crippen LogP contribution in [0.5, 0.6) is 5.75 Å². The average molecular weight is 514 g/mol. The van der Waals surface area contributed by atoms with Gasteiger partial charge in [0, 0.05) is 13.6 Å². The number of carbonyl (C=O) groups is 1. The van der Waals surface area contributed by atoms with E-state index in [2.05, 4.69) is 23.5 Å². The van der Waals surface area contributed by atoms with Gasteiger partial charge in [0.15, 0.2) is 6.29 Å². The van der Waals surface area contributed by atoms with Crippen LogP contribution in [0.4, 0.5) is 4.39 Å². The zero-order chi connectivity index (χ0) is 26.1. The predicted molar refractivity (Wildman–Crippen MR) is 139 cm³/mol. The van der Waals surface area contributed by atoms with Gasteiger partial charge in [-0.3, -0.25) is 18.7 Å². The standard InChI is InChI=1S/C16H13FN2O4S.C10H15NO/c1-18-15-13(8-12(9-20)24-15)14(21)19(16(18)22)6-7-23-11-4-2-10(17)3-5-11;1-11-8-9-4-3-5-10(12-2)7-6-9/h2-5,8-9H,6-7H2,1H3;4-7,11H,3,8H2,1-2H3. The molecule has 1 aromatic carbocycles. The molecule has 0 amide bonds. The van der Waals surface area contributed by atoms with Crippen LogP contribution < -0.4 is 21.3 Å². The highest BCUT2D eigenvalue weighted by atomic mass is 32.1. The summed E-state index contributed by atoms with van der Waals surface area (Å²) in [5, 5.41) is 3.44. The molecule has 0 unspecified atom stereocenters. The largest absolute Gasteiger partial charge is 0.497 e. The Morgan fingerprint density at radius 3 is 2.58 bits per heavy atom. The molecule has 3 aromatic rings. The number of hydrogen-bond acceptors (Lipinski definition) is 7. The van der Waals surface area contributed by atoms with E-state index in [1.165, 1.54) is 40.5 Å². The smallest absolute Gasteiger partial charge is 0.331 e. The first kappa shape index (κ1) is 26.8. The third-order valence-electron chi connectivity index (χ3n) is 5.32. The third-order valence-corrected chi connectivity index (χ3v) is 6.46. The lowest BCUT2D eigenvalue weighted by atomic mass is 10.2. The molecule has 0 fully saturated rings. The van der Waals surface area contributed by atoms with Gasteiger partial charge in [0.2, 0.25) is 0 Å². The SMILES string of the molecule is CNCC1=CCC=C(OC)C=C1.Cn1c(=O)n(CCOc2ccc(F)cc2)c(=O)c2cc(C=O)sc21. The van der Waals surface area contributed by atoms with Crippen LogP contribution in [0.3, 0.4) is 0 Å². The molecule has 0 bridgehead atoms. The number of aldehydes is 1. The van der Waals surface area contributed by atoms with Crippen LogP contribution in [0.2, 0.25) is 0 Å². The summed E-state index contributed by atoms with van der Waals surface area (Å²) >= 11 is 1.10. The minimum Gasteiger partial charge on any atom is -0.497 e. The molecule has 4 rings (SSSR count). The molecule has 36 heavy (non-hydrogen) atoms. The quantitative estimate of drug-likeness (QED) is 0.464. The zero-order valence-corrected chi connectivity index (χ0v) is 21.1. The van der Waals surface area contributed by atoms with Crippen LogP contribution in [0.1, 0.15) is 16.1 Å². The first-order valence-corrected chi connectivity index (χ1v) is 12.0. The van der Waals surface area contributed by atoms with Crippen molar-refractivity contribution >= 4 is 27.8 Å². The topological polar surface area (TPSA) is 91.6 Å². The molecule has 0 saturated carbocycles. The van der Waals surface area contributed by atoms with E-state index in [0.29, 0.717) is 27.1 Å². The number of hydrogen-bond donors (Lipinski definition) is 1. The number of carbonyl (C=O) groups excluding carboxylic acids is 1. The number of halogens is 1. The zero-order valence-electron chi connectivity index (χ0n) is 20.3. The molecule has 0 radical (unpaired) electrons. The fourth-order valence-electron chi connectivity index (χ4n) is 3.48. The Balaban J connectivity index is 0.000000253. The van der Waals surface area contributed by atoms with Crippen molar-refractivity contribution in [3.05, 3.63) is 97.5 Å². The van der Waals surface area contributed by atoms with E-state index in [1.54, 1.807) is 14.2 Å². The number of fused-ring (bicyclic) bond motifs is 1. The van der Waals surface area contributed by atoms with Gasteiger partial charge in [-0.05, 0) is 61.5 Å². The number of aryl methyl sites for hydroxylation is 1. The first-order valence-electron chi connectivity index (χ1n) is 11.2. The summed E-state index contributed by atoms with van der Waals surface area (Å²) in [6.07, 6.45) is 9.94. The van der Waals surface area contributed by atoms with Gasteiger partial charge in [-0.15, -0.1) is 11.3 Å². The van der Waals surface area contributed by atoms with Gasteiger partial charge in [-0.25, -0.2) is 9.18 Å². The highest BCUT2D eigenvalue weighted by Crippen LogP contribution is 2.20. The van der Waals surface area contributed by atoms with E-state index >= 15 is 0 Å². The molecule has 2 aromatic heterocycles. The minimum absolute atomic E-state index is 0.0467. The van der Waals surface area contributed by atoms with Crippen LogP contribution in [-0.2, 0) is 18.3 Å². The lowest BCUT2D eigenvalue weighted by molar-refractivity contribution is 0.112. The molecule has 8 nitrogen and oxygen atoms in total. The van der Waals surface area contributed by atoms with Crippen LogP contribution >= 0.6 is 11.3 Å². The van der Waals surface area contributed by atoms with Crippen molar-refractivity contribution < 1.29 is 18.7 Å². The molecule has 0 saturated heterocycles. The molecular weight excluding hydrogens is 485 g/mol. The number of rotatable bonds is 8. The molecule has 0 atom stereocenters. The molecule has 190 valence electrons. The number of ether oxygens (including phenoxy) is 2. The molecule has 1 N–H and O–H groups in total. The molecular formula is C26H28FN3O5S. The molecule has 1 aliphatic carbocycles. The number of likely N-dealkylation sites (N-methyl/N-ethyl adjacent to an activating group) is 1. The number of nitrogens with zero attached hydrogens (tertiary/aromatic N) is 2. The summed E-state index contributed by atoms with van der Waals surface area (Å²) in [4.78, 5) is 36.5. The predicted octanol–water partition coefficient (Wildman–Crippen LogP) is 3.41. The Bertz CT molecular complexity index is 1410. The second-order valence-corrected chi connectivity index (χ2v) is 8.84. The van der Waals surface area contributed by atoms with Crippen molar-refractivity contribution in [2.45, 2.75) is 13.0 Å². The first-order chi connectivity index (χ1) is 17.4. The molecule has 1 aliphatic rings. The van der Waals surface area contributed by atoms with Crippen LogP contribution in [0.15, 0.2) is 75.6 Å². The number of benzene rings is 1. The van der Waals surface area contributed by atoms with Crippen molar-refractivity contribution in [1.82, 2.24) is 14.5 Å². The second kappa shape index (κ2) is 12.8. The van der Waals surface area contributed by atoms with Crippen molar-refractivity contribution in [3.63, 3.8) is 0 Å². The summed E-state index contributed by atoms with van der Waals surface area (Å²) in [7, 11) is 5.19. The highest BCUT2D eigenvalue weighted by molar-refractivity contribution is 7.20. The minimum atomic E-state index is -0.477. The van der Waals surface area contributed by atoms with E-state index in [-0.39, 0.29) is 19.0 Å². The summed E-state index contributed by atoms with van der Waals surface area (Å²) < 4.78 is 25.8. The van der Waals surface area contributed by atoms with E-state index < -0.39 is 11.2 Å². The van der Waals surface area contributed by atoms with Crippen LogP contribution in [-0.4, -0.2) is 42.7 Å². The maximum Gasteiger partial charge on any atom is 0.331 e. The number of thiophene rings is 1. The summed E-state index contributed by atoms with van der Waals surface area (Å²) in [5.41, 5.74) is 0.371. The summed E-state index contributed by atoms with van der Waals surface area (Å²) in [6, 6.07) is 6.94. The maximum absolute atomic E-state index is 12.8. The third kappa shape index (κ3) is 6.67. The Labute approximate surface area is 211 Å². The highest BCUT2D eigenvalue weighted by Gasteiger charge is 2.14. The molecule has 10 heteroatoms. The van der Waals surface area contributed by atoms with E-state index in [0.717, 1.165) is 34.6 Å². The lowest BCUT2D eigenvalue weighted by Crippen LogP contribution is -2.39. The van der Waals surface area contributed by atoms with Gasteiger partial charge in [-0.2, -0.15) is 0 Å². The normalized spacial score (nSPS) is 12.8. The van der Waals surface area contributed by atoms with Gasteiger partial charge in [-0.1, -0.05) is 12.2 Å². The van der Waals surface area contributed by atoms with Gasteiger partial charge >= 0.3 is 5.69 Å². The van der Waals surface area contributed by atoms with Crippen molar-refractivity contribution in [3.8, 4) is 5.75 Å². The van der Waals surface area contributed by atoms with Crippen molar-refractivity contribution in [2.24, 2.45) is 7.05 Å². The van der Waals surface area contributed by atoms with Gasteiger partial charge in [0.05, 0.1) is 23.9 Å². The van der Waals surface area contributed by atoms with Gasteiger partial charge in [0.1, 0.15) is 28.8 Å². The molecule has 2 heterocycles. The number of nitrogens with one attached hydrogen (secondary N) is 1. The van der Waals surface area contributed by atoms with E-state index in [9.17, 15) is 18.8 Å². The summed E-state index contributed by atoms with van der Waals surface area (Å²) in [6.45, 7) is 1.05. The van der Waals surface area contributed by atoms with Crippen LogP contribution in [0.25, 0.3) is 10.2 Å². The number of methoxy groups -OCH3 is 1.